The quantitative estimate of drug-likeness (QED) is 0.201. The van der Waals surface area contributed by atoms with Crippen LogP contribution in [0.4, 0.5) is 0 Å². The van der Waals surface area contributed by atoms with Crippen LogP contribution in [0.5, 0.6) is 0 Å². The molecule has 0 aromatic heterocycles. The second-order valence-corrected chi connectivity index (χ2v) is 6.70. The number of unbranched alkanes of at least 4 members (excludes halogenated alkanes) is 8. The molecule has 0 saturated carbocycles. The molecule has 0 heterocycles. The highest BCUT2D eigenvalue weighted by molar-refractivity contribution is 5.70. The van der Waals surface area contributed by atoms with Gasteiger partial charge in [-0.1, -0.05) is 64.0 Å². The van der Waals surface area contributed by atoms with Crippen molar-refractivity contribution in [3.8, 4) is 0 Å². The molecule has 0 rings (SSSR count). The van der Waals surface area contributed by atoms with Crippen LogP contribution in [0.15, 0.2) is 12.2 Å². The number of carbonyl (C=O) groups excluding carboxylic acids is 1. The average Bonchev–Trinajstić information content (AvgIpc) is 2.58. The van der Waals surface area contributed by atoms with E-state index in [1.54, 1.807) is 6.92 Å². The van der Waals surface area contributed by atoms with Crippen molar-refractivity contribution in [1.29, 1.82) is 0 Å². The third kappa shape index (κ3) is 15.9. The van der Waals surface area contributed by atoms with Gasteiger partial charge in [0.05, 0.1) is 12.5 Å². The van der Waals surface area contributed by atoms with Gasteiger partial charge in [-0.3, -0.25) is 9.59 Å². The van der Waals surface area contributed by atoms with Gasteiger partial charge in [0.15, 0.2) is 0 Å². The minimum Gasteiger partial charge on any atom is -0.481 e. The summed E-state index contributed by atoms with van der Waals surface area (Å²) in [4.78, 5) is 22.5. The third-order valence-corrected chi connectivity index (χ3v) is 4.40. The summed E-state index contributed by atoms with van der Waals surface area (Å²) in [6.45, 7) is 4.45. The Hall–Kier alpha value is -1.32. The lowest BCUT2D eigenvalue weighted by atomic mass is 9.97. The largest absolute Gasteiger partial charge is 0.481 e. The van der Waals surface area contributed by atoms with E-state index in [1.165, 1.54) is 38.5 Å². The number of esters is 1. The molecule has 0 fully saturated rings. The van der Waals surface area contributed by atoms with Gasteiger partial charge in [-0.25, -0.2) is 0 Å². The zero-order valence-corrected chi connectivity index (χ0v) is 16.3. The summed E-state index contributed by atoms with van der Waals surface area (Å²) >= 11 is 0. The zero-order valence-electron chi connectivity index (χ0n) is 16.3. The van der Waals surface area contributed by atoms with Crippen LogP contribution in [-0.2, 0) is 14.3 Å². The number of hydrogen-bond acceptors (Lipinski definition) is 3. The highest BCUT2D eigenvalue weighted by Gasteiger charge is 2.15. The molecule has 0 saturated heterocycles. The number of ether oxygens (including phenoxy) is 1. The van der Waals surface area contributed by atoms with Gasteiger partial charge in [0, 0.05) is 6.42 Å². The molecule has 1 unspecified atom stereocenters. The maximum Gasteiger partial charge on any atom is 0.306 e. The van der Waals surface area contributed by atoms with E-state index in [2.05, 4.69) is 13.0 Å². The molecule has 146 valence electrons. The fourth-order valence-electron chi connectivity index (χ4n) is 2.83. The lowest BCUT2D eigenvalue weighted by molar-refractivity contribution is -0.144. The molecule has 0 aliphatic rings. The second-order valence-electron chi connectivity index (χ2n) is 6.70. The van der Waals surface area contributed by atoms with E-state index in [1.807, 2.05) is 6.08 Å². The maximum atomic E-state index is 11.3. The van der Waals surface area contributed by atoms with Gasteiger partial charge in [-0.15, -0.1) is 0 Å². The molecule has 0 aromatic rings. The predicted molar refractivity (Wildman–Crippen MR) is 103 cm³/mol. The van der Waals surface area contributed by atoms with Crippen LogP contribution < -0.4 is 0 Å². The molecule has 4 heteroatoms. The molecule has 0 aromatic carbocycles. The number of allylic oxidation sites excluding steroid dienone is 2. The van der Waals surface area contributed by atoms with Crippen LogP contribution in [0.2, 0.25) is 0 Å². The number of rotatable bonds is 17. The highest BCUT2D eigenvalue weighted by atomic mass is 16.5. The fraction of sp³-hybridized carbons (Fsp3) is 0.810. The summed E-state index contributed by atoms with van der Waals surface area (Å²) in [5.41, 5.74) is 0. The van der Waals surface area contributed by atoms with Crippen LogP contribution in [0, 0.1) is 5.92 Å². The van der Waals surface area contributed by atoms with Crippen molar-refractivity contribution in [2.45, 2.75) is 97.3 Å². The Morgan fingerprint density at radius 1 is 0.920 bits per heavy atom. The lowest BCUT2D eigenvalue weighted by Crippen LogP contribution is -2.12. The van der Waals surface area contributed by atoms with E-state index in [-0.39, 0.29) is 11.9 Å². The van der Waals surface area contributed by atoms with Crippen molar-refractivity contribution in [1.82, 2.24) is 0 Å². The summed E-state index contributed by atoms with van der Waals surface area (Å²) in [6, 6.07) is 0. The van der Waals surface area contributed by atoms with Crippen molar-refractivity contribution in [3.05, 3.63) is 12.2 Å². The maximum absolute atomic E-state index is 11.3. The van der Waals surface area contributed by atoms with E-state index in [9.17, 15) is 14.7 Å². The van der Waals surface area contributed by atoms with Crippen molar-refractivity contribution in [2.24, 2.45) is 5.92 Å². The van der Waals surface area contributed by atoms with Gasteiger partial charge in [0.1, 0.15) is 0 Å². The molecular formula is C21H38O4. The smallest absolute Gasteiger partial charge is 0.306 e. The Morgan fingerprint density at radius 2 is 1.60 bits per heavy atom. The van der Waals surface area contributed by atoms with Crippen LogP contribution in [0.3, 0.4) is 0 Å². The first-order chi connectivity index (χ1) is 12.1. The standard InChI is InChI=1S/C21H38O4/c1-3-5-6-7-8-9-10-11-13-16-19(21(23)24)17-14-12-15-18-20(22)25-4-2/h11,13,19H,3-10,12,14-18H2,1-2H3,(H,23,24). The van der Waals surface area contributed by atoms with Gasteiger partial charge < -0.3 is 9.84 Å². The molecule has 0 aliphatic heterocycles. The highest BCUT2D eigenvalue weighted by Crippen LogP contribution is 2.16. The number of carbonyl (C=O) groups is 2. The van der Waals surface area contributed by atoms with Gasteiger partial charge in [-0.05, 0) is 39.0 Å². The number of aliphatic carboxylic acids is 1. The van der Waals surface area contributed by atoms with E-state index in [4.69, 9.17) is 4.74 Å². The Kier molecular flexibility index (Phi) is 16.6. The normalized spacial score (nSPS) is 12.4. The summed E-state index contributed by atoms with van der Waals surface area (Å²) < 4.78 is 4.88. The Labute approximate surface area is 154 Å². The number of hydrogen-bond donors (Lipinski definition) is 1. The van der Waals surface area contributed by atoms with Crippen LogP contribution >= 0.6 is 0 Å². The topological polar surface area (TPSA) is 63.6 Å². The van der Waals surface area contributed by atoms with Gasteiger partial charge in [-0.2, -0.15) is 0 Å². The third-order valence-electron chi connectivity index (χ3n) is 4.40. The Bertz CT molecular complexity index is 363. The molecule has 25 heavy (non-hydrogen) atoms. The van der Waals surface area contributed by atoms with Crippen molar-refractivity contribution in [2.75, 3.05) is 6.61 Å². The lowest BCUT2D eigenvalue weighted by Gasteiger charge is -2.09. The van der Waals surface area contributed by atoms with Gasteiger partial charge in [0.2, 0.25) is 0 Å². The summed E-state index contributed by atoms with van der Waals surface area (Å²) in [6.07, 6.45) is 17.2. The summed E-state index contributed by atoms with van der Waals surface area (Å²) in [5, 5.41) is 9.30. The molecule has 1 N–H and O–H groups in total. The molecule has 0 aliphatic carbocycles. The molecule has 0 amide bonds. The Balaban J connectivity index is 3.72. The number of carboxylic acid groups (broad SMARTS) is 1. The molecule has 4 nitrogen and oxygen atoms in total. The average molecular weight is 355 g/mol. The van der Waals surface area contributed by atoms with Crippen molar-refractivity contribution < 1.29 is 19.4 Å². The molecule has 0 bridgehead atoms. The van der Waals surface area contributed by atoms with Gasteiger partial charge in [0.25, 0.3) is 0 Å². The van der Waals surface area contributed by atoms with E-state index < -0.39 is 5.97 Å². The summed E-state index contributed by atoms with van der Waals surface area (Å²) in [7, 11) is 0. The first-order valence-electron chi connectivity index (χ1n) is 10.1. The van der Waals surface area contributed by atoms with E-state index in [0.29, 0.717) is 25.9 Å². The number of carboxylic acids is 1. The van der Waals surface area contributed by atoms with E-state index >= 15 is 0 Å². The molecule has 0 radical (unpaired) electrons. The SMILES string of the molecule is CCCCCCCCC=CCC(CCCCCC(=O)OCC)C(=O)O. The minimum atomic E-state index is -0.713. The predicted octanol–water partition coefficient (Wildman–Crippen LogP) is 5.90. The first kappa shape index (κ1) is 23.7. The Morgan fingerprint density at radius 3 is 2.28 bits per heavy atom. The van der Waals surface area contributed by atoms with Crippen LogP contribution in [-0.4, -0.2) is 23.7 Å². The van der Waals surface area contributed by atoms with Gasteiger partial charge >= 0.3 is 11.9 Å². The monoisotopic (exact) mass is 354 g/mol. The molecular weight excluding hydrogens is 316 g/mol. The summed E-state index contributed by atoms with van der Waals surface area (Å²) in [5.74, 6) is -1.17. The van der Waals surface area contributed by atoms with E-state index in [0.717, 1.165) is 25.7 Å². The van der Waals surface area contributed by atoms with Crippen molar-refractivity contribution >= 4 is 11.9 Å². The minimum absolute atomic E-state index is 0.157. The zero-order chi connectivity index (χ0) is 18.8. The second kappa shape index (κ2) is 17.5. The van der Waals surface area contributed by atoms with Crippen LogP contribution in [0.25, 0.3) is 0 Å². The van der Waals surface area contributed by atoms with Crippen molar-refractivity contribution in [3.63, 3.8) is 0 Å². The first-order valence-corrected chi connectivity index (χ1v) is 10.1. The molecule has 0 spiro atoms. The van der Waals surface area contributed by atoms with Crippen LogP contribution in [0.1, 0.15) is 97.3 Å². The fourth-order valence-corrected chi connectivity index (χ4v) is 2.83. The molecule has 1 atom stereocenters.